The number of benzene rings is 2. The first kappa shape index (κ1) is 15.7. The van der Waals surface area contributed by atoms with Gasteiger partial charge in [-0.1, -0.05) is 36.4 Å². The molecule has 0 radical (unpaired) electrons. The summed E-state index contributed by atoms with van der Waals surface area (Å²) in [5.74, 6) is 1.63. The molecule has 0 aromatic heterocycles. The minimum Gasteiger partial charge on any atom is -0.497 e. The fourth-order valence-corrected chi connectivity index (χ4v) is 4.11. The van der Waals surface area contributed by atoms with Crippen molar-refractivity contribution in [3.8, 4) is 5.75 Å². The van der Waals surface area contributed by atoms with Gasteiger partial charge in [-0.2, -0.15) is 0 Å². The molecule has 3 rings (SSSR count). The molecule has 0 unspecified atom stereocenters. The van der Waals surface area contributed by atoms with Gasteiger partial charge in [0.1, 0.15) is 5.75 Å². The third-order valence-electron chi connectivity index (χ3n) is 4.04. The number of hydrogen-bond acceptors (Lipinski definition) is 3. The van der Waals surface area contributed by atoms with E-state index in [1.54, 1.807) is 19.2 Å². The van der Waals surface area contributed by atoms with Crippen molar-refractivity contribution in [2.24, 2.45) is 0 Å². The van der Waals surface area contributed by atoms with Gasteiger partial charge >= 0.3 is 0 Å². The topological polar surface area (TPSA) is 46.6 Å². The fraction of sp³-hybridized carbons (Fsp3) is 0.278. The number of nitrogens with zero attached hydrogens (tertiary/aromatic N) is 1. The van der Waals surface area contributed by atoms with Gasteiger partial charge in [-0.3, -0.25) is 9.00 Å². The van der Waals surface area contributed by atoms with Crippen LogP contribution in [0.5, 0.6) is 5.75 Å². The van der Waals surface area contributed by atoms with Gasteiger partial charge in [0.15, 0.2) is 0 Å². The third kappa shape index (κ3) is 3.45. The highest BCUT2D eigenvalue weighted by Crippen LogP contribution is 2.27. The van der Waals surface area contributed by atoms with Crippen LogP contribution in [0.3, 0.4) is 0 Å². The first-order valence-electron chi connectivity index (χ1n) is 7.54. The van der Waals surface area contributed by atoms with Crippen molar-refractivity contribution >= 4 is 16.7 Å². The Labute approximate surface area is 138 Å². The molecule has 1 aliphatic rings. The number of carbonyl (C=O) groups is 1. The van der Waals surface area contributed by atoms with Gasteiger partial charge in [0.05, 0.1) is 13.2 Å². The van der Waals surface area contributed by atoms with Gasteiger partial charge in [-0.25, -0.2) is 0 Å². The summed E-state index contributed by atoms with van der Waals surface area (Å²) in [5, 5.41) is 0. The molecule has 0 saturated carbocycles. The van der Waals surface area contributed by atoms with Gasteiger partial charge in [0, 0.05) is 34.4 Å². The van der Waals surface area contributed by atoms with E-state index in [9.17, 15) is 9.00 Å². The second kappa shape index (κ2) is 6.96. The van der Waals surface area contributed by atoms with Crippen LogP contribution < -0.4 is 4.74 Å². The van der Waals surface area contributed by atoms with Crippen molar-refractivity contribution in [1.29, 1.82) is 0 Å². The van der Waals surface area contributed by atoms with Gasteiger partial charge in [0.25, 0.3) is 5.91 Å². The molecule has 1 fully saturated rings. The molecule has 4 nitrogen and oxygen atoms in total. The fourth-order valence-electron chi connectivity index (χ4n) is 2.82. The normalized spacial score (nSPS) is 21.0. The number of methoxy groups -OCH3 is 1. The summed E-state index contributed by atoms with van der Waals surface area (Å²) in [6.07, 6.45) is 0. The average molecular weight is 329 g/mol. The molecule has 0 aliphatic carbocycles. The van der Waals surface area contributed by atoms with E-state index in [4.69, 9.17) is 4.74 Å². The smallest absolute Gasteiger partial charge is 0.254 e. The van der Waals surface area contributed by atoms with E-state index in [0.717, 1.165) is 5.56 Å². The van der Waals surface area contributed by atoms with Crippen LogP contribution in [0.2, 0.25) is 0 Å². The van der Waals surface area contributed by atoms with Crippen LogP contribution in [-0.2, 0) is 10.8 Å². The maximum absolute atomic E-state index is 12.9. The number of rotatable bonds is 3. The predicted molar refractivity (Wildman–Crippen MR) is 91.1 cm³/mol. The lowest BCUT2D eigenvalue weighted by Gasteiger charge is -2.35. The van der Waals surface area contributed by atoms with E-state index < -0.39 is 10.8 Å². The largest absolute Gasteiger partial charge is 0.497 e. The molecular formula is C18H19NO3S. The highest BCUT2D eigenvalue weighted by molar-refractivity contribution is 7.85. The average Bonchev–Trinajstić information content (AvgIpc) is 2.62. The highest BCUT2D eigenvalue weighted by atomic mass is 32.2. The lowest BCUT2D eigenvalue weighted by molar-refractivity contribution is 0.0699. The molecule has 23 heavy (non-hydrogen) atoms. The first-order chi connectivity index (χ1) is 11.2. The van der Waals surface area contributed by atoms with E-state index in [1.165, 1.54) is 0 Å². The molecule has 1 aliphatic heterocycles. The summed E-state index contributed by atoms with van der Waals surface area (Å²) in [5.41, 5.74) is 1.62. The number of ether oxygens (including phenoxy) is 1. The van der Waals surface area contributed by atoms with Crippen LogP contribution in [0.1, 0.15) is 22.0 Å². The molecule has 0 bridgehead atoms. The minimum absolute atomic E-state index is 0.0468. The molecular weight excluding hydrogens is 310 g/mol. The first-order valence-corrected chi connectivity index (χ1v) is 9.03. The van der Waals surface area contributed by atoms with E-state index >= 15 is 0 Å². The van der Waals surface area contributed by atoms with Crippen molar-refractivity contribution in [1.82, 2.24) is 4.90 Å². The zero-order valence-corrected chi connectivity index (χ0v) is 13.8. The summed E-state index contributed by atoms with van der Waals surface area (Å²) in [7, 11) is 0.695. The third-order valence-corrected chi connectivity index (χ3v) is 5.37. The van der Waals surface area contributed by atoms with Gasteiger partial charge in [-0.15, -0.1) is 0 Å². The monoisotopic (exact) mass is 329 g/mol. The molecule has 1 amide bonds. The van der Waals surface area contributed by atoms with Crippen LogP contribution in [0.4, 0.5) is 0 Å². The van der Waals surface area contributed by atoms with Crippen molar-refractivity contribution < 1.29 is 13.7 Å². The summed E-state index contributed by atoms with van der Waals surface area (Å²) in [4.78, 5) is 14.8. The van der Waals surface area contributed by atoms with E-state index in [0.29, 0.717) is 29.4 Å². The lowest BCUT2D eigenvalue weighted by Crippen LogP contribution is -2.44. The summed E-state index contributed by atoms with van der Waals surface area (Å²) in [6, 6.07) is 16.8. The Hall–Kier alpha value is -2.14. The molecule has 2 atom stereocenters. The van der Waals surface area contributed by atoms with Gasteiger partial charge in [0.2, 0.25) is 0 Å². The highest BCUT2D eigenvalue weighted by Gasteiger charge is 2.31. The maximum Gasteiger partial charge on any atom is 0.254 e. The number of amides is 1. The Morgan fingerprint density at radius 3 is 2.70 bits per heavy atom. The Balaban J connectivity index is 1.91. The summed E-state index contributed by atoms with van der Waals surface area (Å²) in [6.45, 7) is 0.502. The zero-order chi connectivity index (χ0) is 16.2. The molecule has 0 spiro atoms. The Bertz CT molecular complexity index is 717. The molecule has 2 aromatic rings. The standard InChI is InChI=1S/C18H19NO3S/c1-22-16-9-5-8-15(12-16)18(20)19-10-11-23(21)13-17(19)14-6-3-2-4-7-14/h2-9,12,17H,10-11,13H2,1H3/t17-,23-/m1/s1. The molecule has 5 heteroatoms. The molecule has 2 aromatic carbocycles. The van der Waals surface area contributed by atoms with E-state index in [1.807, 2.05) is 47.4 Å². The Morgan fingerprint density at radius 2 is 1.96 bits per heavy atom. The minimum atomic E-state index is -0.889. The van der Waals surface area contributed by atoms with E-state index in [-0.39, 0.29) is 11.9 Å². The van der Waals surface area contributed by atoms with E-state index in [2.05, 4.69) is 0 Å². The van der Waals surface area contributed by atoms with Crippen LogP contribution in [0.15, 0.2) is 54.6 Å². The SMILES string of the molecule is COc1cccc(C(=O)N2CC[S@@](=O)C[C@@H]2c2ccccc2)c1. The van der Waals surface area contributed by atoms with Crippen LogP contribution >= 0.6 is 0 Å². The van der Waals surface area contributed by atoms with Crippen molar-refractivity contribution in [2.75, 3.05) is 25.2 Å². The quantitative estimate of drug-likeness (QED) is 0.870. The summed E-state index contributed by atoms with van der Waals surface area (Å²) >= 11 is 0. The predicted octanol–water partition coefficient (Wildman–Crippen LogP) is 2.64. The molecule has 0 N–H and O–H groups in total. The van der Waals surface area contributed by atoms with Crippen molar-refractivity contribution in [3.05, 3.63) is 65.7 Å². The zero-order valence-electron chi connectivity index (χ0n) is 13.0. The van der Waals surface area contributed by atoms with Crippen LogP contribution in [-0.4, -0.2) is 40.2 Å². The van der Waals surface area contributed by atoms with Gasteiger partial charge in [-0.05, 0) is 23.8 Å². The molecule has 1 saturated heterocycles. The summed E-state index contributed by atoms with van der Waals surface area (Å²) < 4.78 is 17.2. The van der Waals surface area contributed by atoms with Crippen LogP contribution in [0.25, 0.3) is 0 Å². The van der Waals surface area contributed by atoms with Crippen molar-refractivity contribution in [2.45, 2.75) is 6.04 Å². The lowest BCUT2D eigenvalue weighted by atomic mass is 10.1. The molecule has 1 heterocycles. The number of carbonyl (C=O) groups excluding carboxylic acids is 1. The Morgan fingerprint density at radius 1 is 1.17 bits per heavy atom. The van der Waals surface area contributed by atoms with Crippen LogP contribution in [0, 0.1) is 0 Å². The molecule has 120 valence electrons. The number of hydrogen-bond donors (Lipinski definition) is 0. The van der Waals surface area contributed by atoms with Crippen molar-refractivity contribution in [3.63, 3.8) is 0 Å². The maximum atomic E-state index is 12.9. The second-order valence-corrected chi connectivity index (χ2v) is 7.09. The van der Waals surface area contributed by atoms with Gasteiger partial charge < -0.3 is 9.64 Å². The second-order valence-electron chi connectivity index (χ2n) is 5.47. The Kier molecular flexibility index (Phi) is 4.76.